The molecule has 0 radical (unpaired) electrons. The average Bonchev–Trinajstić information content (AvgIpc) is 2.90. The minimum absolute atomic E-state index is 0.0807. The van der Waals surface area contributed by atoms with Gasteiger partial charge >= 0.3 is 0 Å². The standard InChI is InChI=1S/C33H35ClN2O2/c1-33(2,3)35-32(38)30(22-24-12-5-4-6-13-24)36(23-27-15-8-10-19-29(27)34)31(37)21-20-26-17-11-16-25-14-7-9-18-28(25)26/h4-19,30H,20-23H2,1-3H3,(H,35,38)/t30-/m0/s1. The molecule has 0 fully saturated rings. The molecule has 2 amide bonds. The molecule has 0 aliphatic carbocycles. The zero-order valence-electron chi connectivity index (χ0n) is 22.3. The van der Waals surface area contributed by atoms with Crippen LogP contribution in [0.15, 0.2) is 97.1 Å². The summed E-state index contributed by atoms with van der Waals surface area (Å²) < 4.78 is 0. The van der Waals surface area contributed by atoms with Crippen molar-refractivity contribution in [3.63, 3.8) is 0 Å². The number of fused-ring (bicyclic) bond motifs is 1. The number of halogens is 1. The Morgan fingerprint density at radius 2 is 1.45 bits per heavy atom. The first-order valence-corrected chi connectivity index (χ1v) is 13.4. The first-order valence-electron chi connectivity index (χ1n) is 13.1. The molecule has 0 saturated carbocycles. The van der Waals surface area contributed by atoms with E-state index in [1.165, 1.54) is 0 Å². The summed E-state index contributed by atoms with van der Waals surface area (Å²) in [6.45, 7) is 6.10. The lowest BCUT2D eigenvalue weighted by molar-refractivity contribution is -0.141. The normalized spacial score (nSPS) is 12.2. The number of carbonyl (C=O) groups excluding carboxylic acids is 2. The van der Waals surface area contributed by atoms with Crippen molar-refractivity contribution in [3.8, 4) is 0 Å². The van der Waals surface area contributed by atoms with Crippen LogP contribution in [0.3, 0.4) is 0 Å². The van der Waals surface area contributed by atoms with Crippen LogP contribution in [0, 0.1) is 0 Å². The number of nitrogens with zero attached hydrogens (tertiary/aromatic N) is 1. The quantitative estimate of drug-likeness (QED) is 0.256. The van der Waals surface area contributed by atoms with E-state index < -0.39 is 11.6 Å². The van der Waals surface area contributed by atoms with Gasteiger partial charge in [0.2, 0.25) is 11.8 Å². The van der Waals surface area contributed by atoms with Crippen LogP contribution in [0.2, 0.25) is 5.02 Å². The van der Waals surface area contributed by atoms with Gasteiger partial charge in [-0.05, 0) is 60.7 Å². The summed E-state index contributed by atoms with van der Waals surface area (Å²) in [6, 6.07) is 31.0. The summed E-state index contributed by atoms with van der Waals surface area (Å²) in [5, 5.41) is 5.98. The first-order chi connectivity index (χ1) is 18.2. The molecule has 4 aromatic carbocycles. The highest BCUT2D eigenvalue weighted by Gasteiger charge is 2.32. The molecular weight excluding hydrogens is 492 g/mol. The van der Waals surface area contributed by atoms with Gasteiger partial charge in [0.1, 0.15) is 6.04 Å². The second-order valence-corrected chi connectivity index (χ2v) is 11.1. The highest BCUT2D eigenvalue weighted by Crippen LogP contribution is 2.24. The van der Waals surface area contributed by atoms with Crippen LogP contribution in [0.1, 0.15) is 43.9 Å². The van der Waals surface area contributed by atoms with E-state index in [1.54, 1.807) is 4.90 Å². The number of aryl methyl sites for hydroxylation is 1. The molecule has 5 heteroatoms. The third-order valence-corrected chi connectivity index (χ3v) is 6.92. The minimum atomic E-state index is -0.687. The number of carbonyl (C=O) groups is 2. The molecule has 1 atom stereocenters. The minimum Gasteiger partial charge on any atom is -0.350 e. The topological polar surface area (TPSA) is 49.4 Å². The summed E-state index contributed by atoms with van der Waals surface area (Å²) in [7, 11) is 0. The molecule has 0 aliphatic rings. The molecular formula is C33H35ClN2O2. The van der Waals surface area contributed by atoms with Crippen LogP contribution >= 0.6 is 11.6 Å². The van der Waals surface area contributed by atoms with Gasteiger partial charge in [0.15, 0.2) is 0 Å². The van der Waals surface area contributed by atoms with Crippen molar-refractivity contribution in [2.24, 2.45) is 0 Å². The highest BCUT2D eigenvalue weighted by molar-refractivity contribution is 6.31. The van der Waals surface area contributed by atoms with E-state index in [0.29, 0.717) is 17.9 Å². The van der Waals surface area contributed by atoms with Crippen molar-refractivity contribution in [1.82, 2.24) is 10.2 Å². The summed E-state index contributed by atoms with van der Waals surface area (Å²) in [5.74, 6) is -0.255. The zero-order chi connectivity index (χ0) is 27.1. The summed E-state index contributed by atoms with van der Waals surface area (Å²) in [6.07, 6.45) is 1.28. The Morgan fingerprint density at radius 3 is 2.18 bits per heavy atom. The summed E-state index contributed by atoms with van der Waals surface area (Å²) in [5.41, 5.74) is 2.49. The monoisotopic (exact) mass is 526 g/mol. The number of benzene rings is 4. The molecule has 0 aliphatic heterocycles. The van der Waals surface area contributed by atoms with E-state index in [2.05, 4.69) is 29.6 Å². The van der Waals surface area contributed by atoms with Crippen LogP contribution in [0.4, 0.5) is 0 Å². The van der Waals surface area contributed by atoms with Crippen molar-refractivity contribution in [1.29, 1.82) is 0 Å². The van der Waals surface area contributed by atoms with E-state index in [9.17, 15) is 9.59 Å². The van der Waals surface area contributed by atoms with Crippen molar-refractivity contribution in [2.75, 3.05) is 0 Å². The molecule has 196 valence electrons. The molecule has 4 aromatic rings. The van der Waals surface area contributed by atoms with Gasteiger partial charge in [-0.1, -0.05) is 103 Å². The molecule has 0 bridgehead atoms. The number of hydrogen-bond donors (Lipinski definition) is 1. The Labute approximate surface area is 230 Å². The second kappa shape index (κ2) is 12.3. The van der Waals surface area contributed by atoms with Gasteiger partial charge in [0.05, 0.1) is 0 Å². The van der Waals surface area contributed by atoms with Gasteiger partial charge in [-0.2, -0.15) is 0 Å². The van der Waals surface area contributed by atoms with Crippen LogP contribution in [-0.2, 0) is 29.0 Å². The third-order valence-electron chi connectivity index (χ3n) is 6.56. The van der Waals surface area contributed by atoms with Crippen molar-refractivity contribution < 1.29 is 9.59 Å². The van der Waals surface area contributed by atoms with Crippen LogP contribution in [0.5, 0.6) is 0 Å². The lowest BCUT2D eigenvalue weighted by atomic mass is 9.98. The Hall–Kier alpha value is -3.63. The Balaban J connectivity index is 1.67. The first kappa shape index (κ1) is 27.4. The van der Waals surface area contributed by atoms with E-state index in [4.69, 9.17) is 11.6 Å². The third kappa shape index (κ3) is 7.23. The smallest absolute Gasteiger partial charge is 0.243 e. The Morgan fingerprint density at radius 1 is 0.816 bits per heavy atom. The van der Waals surface area contributed by atoms with Crippen molar-refractivity contribution in [3.05, 3.63) is 119 Å². The van der Waals surface area contributed by atoms with Gasteiger partial charge in [0, 0.05) is 29.9 Å². The summed E-state index contributed by atoms with van der Waals surface area (Å²) >= 11 is 6.52. The fraction of sp³-hybridized carbons (Fsp3) is 0.273. The van der Waals surface area contributed by atoms with E-state index in [0.717, 1.165) is 27.5 Å². The molecule has 38 heavy (non-hydrogen) atoms. The summed E-state index contributed by atoms with van der Waals surface area (Å²) in [4.78, 5) is 29.4. The molecule has 0 aromatic heterocycles. The van der Waals surface area contributed by atoms with Crippen molar-refractivity contribution in [2.45, 2.75) is 58.2 Å². The number of nitrogens with one attached hydrogen (secondary N) is 1. The second-order valence-electron chi connectivity index (χ2n) is 10.7. The van der Waals surface area contributed by atoms with E-state index >= 15 is 0 Å². The molecule has 1 N–H and O–H groups in total. The molecule has 0 saturated heterocycles. The Kier molecular flexibility index (Phi) is 8.85. The molecule has 0 heterocycles. The molecule has 0 unspecified atom stereocenters. The van der Waals surface area contributed by atoms with Crippen LogP contribution in [-0.4, -0.2) is 28.3 Å². The Bertz CT molecular complexity index is 1390. The highest BCUT2D eigenvalue weighted by atomic mass is 35.5. The average molecular weight is 527 g/mol. The predicted molar refractivity (Wildman–Crippen MR) is 156 cm³/mol. The number of amides is 2. The van der Waals surface area contributed by atoms with Gasteiger partial charge in [0.25, 0.3) is 0 Å². The maximum atomic E-state index is 14.0. The van der Waals surface area contributed by atoms with Crippen LogP contribution < -0.4 is 5.32 Å². The van der Waals surface area contributed by atoms with Crippen molar-refractivity contribution >= 4 is 34.2 Å². The maximum absolute atomic E-state index is 14.0. The molecule has 0 spiro atoms. The SMILES string of the molecule is CC(C)(C)NC(=O)[C@H](Cc1ccccc1)N(Cc1ccccc1Cl)C(=O)CCc1cccc2ccccc12. The van der Waals surface area contributed by atoms with Crippen LogP contribution in [0.25, 0.3) is 10.8 Å². The molecule has 4 rings (SSSR count). The fourth-order valence-corrected chi connectivity index (χ4v) is 4.91. The zero-order valence-corrected chi connectivity index (χ0v) is 23.0. The largest absolute Gasteiger partial charge is 0.350 e. The fourth-order valence-electron chi connectivity index (χ4n) is 4.71. The lowest BCUT2D eigenvalue weighted by Gasteiger charge is -2.34. The number of rotatable bonds is 9. The van der Waals surface area contributed by atoms with Gasteiger partial charge < -0.3 is 10.2 Å². The van der Waals surface area contributed by atoms with Gasteiger partial charge in [-0.15, -0.1) is 0 Å². The number of hydrogen-bond acceptors (Lipinski definition) is 2. The van der Waals surface area contributed by atoms with E-state index in [-0.39, 0.29) is 24.8 Å². The van der Waals surface area contributed by atoms with Gasteiger partial charge in [-0.3, -0.25) is 9.59 Å². The predicted octanol–water partition coefficient (Wildman–Crippen LogP) is 6.98. The maximum Gasteiger partial charge on any atom is 0.243 e. The molecule has 4 nitrogen and oxygen atoms in total. The van der Waals surface area contributed by atoms with E-state index in [1.807, 2.05) is 93.6 Å². The van der Waals surface area contributed by atoms with Gasteiger partial charge in [-0.25, -0.2) is 0 Å². The lowest BCUT2D eigenvalue weighted by Crippen LogP contribution is -2.54.